The average molecular weight is 268 g/mol. The number of carbonyl (C=O) groups excluding carboxylic acids is 1. The summed E-state index contributed by atoms with van der Waals surface area (Å²) in [6.07, 6.45) is 2.19. The molecule has 1 aromatic heterocycles. The third-order valence-electron chi connectivity index (χ3n) is 3.26. The van der Waals surface area contributed by atoms with Crippen molar-refractivity contribution in [2.24, 2.45) is 0 Å². The van der Waals surface area contributed by atoms with Crippen LogP contribution in [0.4, 0.5) is 5.69 Å². The molecule has 2 rings (SSSR count). The fraction of sp³-hybridized carbons (Fsp3) is 0.667. The Morgan fingerprint density at radius 2 is 2.47 bits per heavy atom. The van der Waals surface area contributed by atoms with Gasteiger partial charge in [0.05, 0.1) is 18.0 Å². The van der Waals surface area contributed by atoms with Crippen LogP contribution in [-0.4, -0.2) is 46.6 Å². The first-order chi connectivity index (χ1) is 9.06. The number of aromatic amines is 1. The second kappa shape index (κ2) is 5.58. The van der Waals surface area contributed by atoms with E-state index >= 15 is 0 Å². The van der Waals surface area contributed by atoms with E-state index in [4.69, 9.17) is 10.5 Å². The maximum absolute atomic E-state index is 12.0. The number of carbonyl (C=O) groups is 1. The SMILES string of the molecule is CCCc1[nH]nc(C(=O)NCC2(O)CCOC2)c1N. The second-order valence-corrected chi connectivity index (χ2v) is 4.92. The van der Waals surface area contributed by atoms with Crippen LogP contribution in [0, 0.1) is 0 Å². The highest BCUT2D eigenvalue weighted by Gasteiger charge is 2.33. The Morgan fingerprint density at radius 1 is 1.68 bits per heavy atom. The summed E-state index contributed by atoms with van der Waals surface area (Å²) in [5.74, 6) is -0.378. The monoisotopic (exact) mass is 268 g/mol. The van der Waals surface area contributed by atoms with Crippen molar-refractivity contribution in [1.82, 2.24) is 15.5 Å². The Kier molecular flexibility index (Phi) is 4.06. The summed E-state index contributed by atoms with van der Waals surface area (Å²) in [5.41, 5.74) is 6.23. The van der Waals surface area contributed by atoms with E-state index in [1.165, 1.54) is 0 Å². The van der Waals surface area contributed by atoms with Crippen LogP contribution in [-0.2, 0) is 11.2 Å². The number of aromatic nitrogens is 2. The topological polar surface area (TPSA) is 113 Å². The Labute approximate surface area is 111 Å². The predicted molar refractivity (Wildman–Crippen MR) is 69.7 cm³/mol. The average Bonchev–Trinajstić information content (AvgIpc) is 2.96. The van der Waals surface area contributed by atoms with E-state index < -0.39 is 5.60 Å². The smallest absolute Gasteiger partial charge is 0.274 e. The van der Waals surface area contributed by atoms with Crippen molar-refractivity contribution in [3.63, 3.8) is 0 Å². The zero-order chi connectivity index (χ0) is 13.9. The molecule has 0 bridgehead atoms. The summed E-state index contributed by atoms with van der Waals surface area (Å²) in [6.45, 7) is 2.92. The molecule has 7 heteroatoms. The van der Waals surface area contributed by atoms with Gasteiger partial charge in [-0.2, -0.15) is 5.10 Å². The summed E-state index contributed by atoms with van der Waals surface area (Å²) in [7, 11) is 0. The number of nitrogens with two attached hydrogens (primary N) is 1. The van der Waals surface area contributed by atoms with Gasteiger partial charge >= 0.3 is 0 Å². The molecule has 1 unspecified atom stereocenters. The van der Waals surface area contributed by atoms with Crippen molar-refractivity contribution >= 4 is 11.6 Å². The van der Waals surface area contributed by atoms with E-state index in [0.717, 1.165) is 18.5 Å². The molecule has 2 heterocycles. The van der Waals surface area contributed by atoms with E-state index in [-0.39, 0.29) is 24.8 Å². The minimum atomic E-state index is -0.979. The van der Waals surface area contributed by atoms with Gasteiger partial charge in [0, 0.05) is 19.6 Å². The van der Waals surface area contributed by atoms with Gasteiger partial charge in [-0.15, -0.1) is 0 Å². The molecule has 0 radical (unpaired) electrons. The van der Waals surface area contributed by atoms with Crippen LogP contribution in [0.3, 0.4) is 0 Å². The van der Waals surface area contributed by atoms with Crippen molar-refractivity contribution in [3.05, 3.63) is 11.4 Å². The van der Waals surface area contributed by atoms with Gasteiger partial charge in [-0.25, -0.2) is 0 Å². The minimum Gasteiger partial charge on any atom is -0.395 e. The molecule has 1 amide bonds. The fourth-order valence-electron chi connectivity index (χ4n) is 2.06. The number of aryl methyl sites for hydroxylation is 1. The molecule has 1 fully saturated rings. The number of H-pyrrole nitrogens is 1. The lowest BCUT2D eigenvalue weighted by atomic mass is 10.0. The normalized spacial score (nSPS) is 22.6. The largest absolute Gasteiger partial charge is 0.395 e. The highest BCUT2D eigenvalue weighted by molar-refractivity contribution is 5.97. The first-order valence-corrected chi connectivity index (χ1v) is 6.47. The van der Waals surface area contributed by atoms with E-state index in [0.29, 0.717) is 18.7 Å². The van der Waals surface area contributed by atoms with Gasteiger partial charge in [0.25, 0.3) is 5.91 Å². The molecule has 0 spiro atoms. The van der Waals surface area contributed by atoms with Gasteiger partial charge in [-0.3, -0.25) is 9.89 Å². The van der Waals surface area contributed by atoms with Crippen molar-refractivity contribution in [3.8, 4) is 0 Å². The molecule has 0 aliphatic carbocycles. The number of nitrogens with one attached hydrogen (secondary N) is 2. The summed E-state index contributed by atoms with van der Waals surface area (Å²) < 4.78 is 5.11. The van der Waals surface area contributed by atoms with Crippen LogP contribution in [0.25, 0.3) is 0 Å². The van der Waals surface area contributed by atoms with Gasteiger partial charge in [-0.05, 0) is 6.42 Å². The minimum absolute atomic E-state index is 0.140. The summed E-state index contributed by atoms with van der Waals surface area (Å²) in [4.78, 5) is 12.0. The van der Waals surface area contributed by atoms with Crippen LogP contribution in [0.2, 0.25) is 0 Å². The van der Waals surface area contributed by atoms with Crippen LogP contribution < -0.4 is 11.1 Å². The number of amides is 1. The molecule has 5 N–H and O–H groups in total. The fourth-order valence-corrected chi connectivity index (χ4v) is 2.06. The zero-order valence-electron chi connectivity index (χ0n) is 11.0. The lowest BCUT2D eigenvalue weighted by molar-refractivity contribution is 0.0264. The molecule has 1 aliphatic rings. The Hall–Kier alpha value is -1.60. The number of nitrogens with zero attached hydrogens (tertiary/aromatic N) is 1. The van der Waals surface area contributed by atoms with Crippen molar-refractivity contribution in [2.75, 3.05) is 25.5 Å². The molecule has 1 aromatic rings. The predicted octanol–water partition coefficient (Wildman–Crippen LogP) is -0.174. The van der Waals surface area contributed by atoms with Gasteiger partial charge in [0.1, 0.15) is 5.60 Å². The lowest BCUT2D eigenvalue weighted by Crippen LogP contribution is -2.43. The van der Waals surface area contributed by atoms with Gasteiger partial charge in [0.15, 0.2) is 5.69 Å². The highest BCUT2D eigenvalue weighted by atomic mass is 16.5. The summed E-state index contributed by atoms with van der Waals surface area (Å²) in [5, 5.41) is 19.4. The molecular weight excluding hydrogens is 248 g/mol. The van der Waals surface area contributed by atoms with Gasteiger partial charge < -0.3 is 20.9 Å². The molecule has 19 heavy (non-hydrogen) atoms. The van der Waals surface area contributed by atoms with Crippen LogP contribution in [0.1, 0.15) is 35.9 Å². The zero-order valence-corrected chi connectivity index (χ0v) is 11.0. The standard InChI is InChI=1S/C12H20N4O3/c1-2-3-8-9(13)10(16-15-8)11(17)14-6-12(18)4-5-19-7-12/h18H,2-7,13H2,1H3,(H,14,17)(H,15,16). The number of ether oxygens (including phenoxy) is 1. The number of anilines is 1. The van der Waals surface area contributed by atoms with Gasteiger partial charge in [0.2, 0.25) is 0 Å². The number of nitrogen functional groups attached to an aromatic ring is 1. The van der Waals surface area contributed by atoms with E-state index in [1.54, 1.807) is 0 Å². The molecule has 0 saturated carbocycles. The third kappa shape index (κ3) is 3.05. The number of hydrogen-bond donors (Lipinski definition) is 4. The molecule has 7 nitrogen and oxygen atoms in total. The van der Waals surface area contributed by atoms with E-state index in [1.807, 2.05) is 6.92 Å². The molecule has 0 aromatic carbocycles. The Bertz CT molecular complexity index is 452. The first kappa shape index (κ1) is 13.8. The highest BCUT2D eigenvalue weighted by Crippen LogP contribution is 2.18. The van der Waals surface area contributed by atoms with Gasteiger partial charge in [-0.1, -0.05) is 13.3 Å². The number of aliphatic hydroxyl groups is 1. The second-order valence-electron chi connectivity index (χ2n) is 4.92. The van der Waals surface area contributed by atoms with Crippen molar-refractivity contribution < 1.29 is 14.6 Å². The van der Waals surface area contributed by atoms with Crippen LogP contribution >= 0.6 is 0 Å². The molecule has 1 saturated heterocycles. The van der Waals surface area contributed by atoms with Crippen molar-refractivity contribution in [2.45, 2.75) is 31.8 Å². The maximum Gasteiger partial charge on any atom is 0.274 e. The summed E-state index contributed by atoms with van der Waals surface area (Å²) >= 11 is 0. The number of hydrogen-bond acceptors (Lipinski definition) is 5. The maximum atomic E-state index is 12.0. The molecule has 1 aliphatic heterocycles. The third-order valence-corrected chi connectivity index (χ3v) is 3.26. The Balaban J connectivity index is 1.96. The molecule has 1 atom stereocenters. The van der Waals surface area contributed by atoms with Crippen molar-refractivity contribution in [1.29, 1.82) is 0 Å². The molecular formula is C12H20N4O3. The van der Waals surface area contributed by atoms with Crippen LogP contribution in [0.15, 0.2) is 0 Å². The van der Waals surface area contributed by atoms with E-state index in [2.05, 4.69) is 15.5 Å². The van der Waals surface area contributed by atoms with E-state index in [9.17, 15) is 9.90 Å². The Morgan fingerprint density at radius 3 is 3.11 bits per heavy atom. The lowest BCUT2D eigenvalue weighted by Gasteiger charge is -2.20. The number of rotatable bonds is 5. The first-order valence-electron chi connectivity index (χ1n) is 6.47. The van der Waals surface area contributed by atoms with Crippen LogP contribution in [0.5, 0.6) is 0 Å². The summed E-state index contributed by atoms with van der Waals surface area (Å²) in [6, 6.07) is 0. The molecule has 106 valence electrons. The quantitative estimate of drug-likeness (QED) is 0.592.